The molecule has 1 saturated heterocycles. The summed E-state index contributed by atoms with van der Waals surface area (Å²) in [5.74, 6) is -0.427. The normalized spacial score (nSPS) is 24.6. The highest BCUT2D eigenvalue weighted by molar-refractivity contribution is 7.18. The van der Waals surface area contributed by atoms with Crippen molar-refractivity contribution in [2.24, 2.45) is 0 Å². The van der Waals surface area contributed by atoms with E-state index in [9.17, 15) is 4.79 Å². The summed E-state index contributed by atoms with van der Waals surface area (Å²) >= 11 is 7.29. The standard InChI is InChI=1S/C12H18ClN3O2S/c1-7-5-16(6-8(2)15(7)3)12-14-10(13)9(19-12)11(17)18-4/h7-8H,5-6H2,1-4H3. The number of piperazine rings is 1. The van der Waals surface area contributed by atoms with Gasteiger partial charge in [0, 0.05) is 25.2 Å². The zero-order valence-electron chi connectivity index (χ0n) is 11.5. The number of likely N-dealkylation sites (N-methyl/N-ethyl adjacent to an activating group) is 1. The van der Waals surface area contributed by atoms with E-state index in [1.165, 1.54) is 18.4 Å². The lowest BCUT2D eigenvalue weighted by molar-refractivity contribution is 0.0606. The molecule has 1 aliphatic rings. The quantitative estimate of drug-likeness (QED) is 0.783. The van der Waals surface area contributed by atoms with Gasteiger partial charge in [0.15, 0.2) is 15.2 Å². The highest BCUT2D eigenvalue weighted by Gasteiger charge is 2.29. The van der Waals surface area contributed by atoms with Gasteiger partial charge in [0.25, 0.3) is 0 Å². The summed E-state index contributed by atoms with van der Waals surface area (Å²) in [7, 11) is 3.47. The molecule has 0 aliphatic carbocycles. The number of anilines is 1. The van der Waals surface area contributed by atoms with E-state index in [0.717, 1.165) is 18.2 Å². The number of aromatic nitrogens is 1. The fourth-order valence-corrected chi connectivity index (χ4v) is 3.42. The molecule has 5 nitrogen and oxygen atoms in total. The molecule has 0 N–H and O–H groups in total. The second kappa shape index (κ2) is 5.64. The molecule has 0 radical (unpaired) electrons. The van der Waals surface area contributed by atoms with Crippen molar-refractivity contribution in [3.63, 3.8) is 0 Å². The number of nitrogens with zero attached hydrogens (tertiary/aromatic N) is 3. The van der Waals surface area contributed by atoms with Crippen LogP contribution in [0.4, 0.5) is 5.13 Å². The Kier molecular flexibility index (Phi) is 4.32. The van der Waals surface area contributed by atoms with Gasteiger partial charge in [0.05, 0.1) is 7.11 Å². The Bertz CT molecular complexity index is 468. The maximum atomic E-state index is 11.5. The fourth-order valence-electron chi connectivity index (χ4n) is 2.21. The second-order valence-corrected chi connectivity index (χ2v) is 6.21. The van der Waals surface area contributed by atoms with E-state index in [1.54, 1.807) is 0 Å². The van der Waals surface area contributed by atoms with Crippen LogP contribution in [-0.4, -0.2) is 55.2 Å². The summed E-state index contributed by atoms with van der Waals surface area (Å²) < 4.78 is 4.70. The van der Waals surface area contributed by atoms with Crippen LogP contribution in [0.1, 0.15) is 23.5 Å². The highest BCUT2D eigenvalue weighted by atomic mass is 35.5. The predicted molar refractivity (Wildman–Crippen MR) is 77.4 cm³/mol. The van der Waals surface area contributed by atoms with E-state index in [-0.39, 0.29) is 5.15 Å². The average molecular weight is 304 g/mol. The Morgan fingerprint density at radius 1 is 1.42 bits per heavy atom. The molecule has 1 aromatic heterocycles. The van der Waals surface area contributed by atoms with Crippen molar-refractivity contribution in [2.45, 2.75) is 25.9 Å². The van der Waals surface area contributed by atoms with E-state index in [4.69, 9.17) is 16.3 Å². The molecular weight excluding hydrogens is 286 g/mol. The number of esters is 1. The number of methoxy groups -OCH3 is 1. The lowest BCUT2D eigenvalue weighted by atomic mass is 10.1. The number of hydrogen-bond acceptors (Lipinski definition) is 6. The van der Waals surface area contributed by atoms with Crippen LogP contribution in [0.5, 0.6) is 0 Å². The zero-order valence-corrected chi connectivity index (χ0v) is 13.1. The number of carbonyl (C=O) groups is 1. The van der Waals surface area contributed by atoms with E-state index >= 15 is 0 Å². The lowest BCUT2D eigenvalue weighted by Gasteiger charge is -2.42. The number of carbonyl (C=O) groups excluding carboxylic acids is 1. The molecule has 0 aromatic carbocycles. The molecule has 2 heterocycles. The molecule has 7 heteroatoms. The van der Waals surface area contributed by atoms with Gasteiger partial charge in [-0.15, -0.1) is 0 Å². The predicted octanol–water partition coefficient (Wildman–Crippen LogP) is 2.11. The number of hydrogen-bond donors (Lipinski definition) is 0. The Morgan fingerprint density at radius 2 is 2.00 bits per heavy atom. The fraction of sp³-hybridized carbons (Fsp3) is 0.667. The molecule has 0 spiro atoms. The molecule has 0 bridgehead atoms. The molecule has 2 unspecified atom stereocenters. The molecule has 19 heavy (non-hydrogen) atoms. The minimum atomic E-state index is -0.427. The van der Waals surface area contributed by atoms with Crippen molar-refractivity contribution < 1.29 is 9.53 Å². The van der Waals surface area contributed by atoms with Crippen molar-refractivity contribution in [1.29, 1.82) is 0 Å². The van der Waals surface area contributed by atoms with Crippen LogP contribution in [0.2, 0.25) is 5.15 Å². The van der Waals surface area contributed by atoms with Crippen LogP contribution >= 0.6 is 22.9 Å². The van der Waals surface area contributed by atoms with Crippen LogP contribution in [0.25, 0.3) is 0 Å². The SMILES string of the molecule is COC(=O)c1sc(N2CC(C)N(C)C(C)C2)nc1Cl. The summed E-state index contributed by atoms with van der Waals surface area (Å²) in [4.78, 5) is 20.7. The number of ether oxygens (including phenoxy) is 1. The first-order valence-corrected chi connectivity index (χ1v) is 7.35. The third-order valence-electron chi connectivity index (χ3n) is 3.58. The molecule has 1 aliphatic heterocycles. The van der Waals surface area contributed by atoms with Gasteiger partial charge >= 0.3 is 5.97 Å². The molecule has 106 valence electrons. The van der Waals surface area contributed by atoms with Gasteiger partial charge in [0.1, 0.15) is 0 Å². The van der Waals surface area contributed by atoms with Crippen LogP contribution in [0.3, 0.4) is 0 Å². The van der Waals surface area contributed by atoms with Crippen molar-refractivity contribution in [1.82, 2.24) is 9.88 Å². The monoisotopic (exact) mass is 303 g/mol. The zero-order chi connectivity index (χ0) is 14.2. The first-order valence-electron chi connectivity index (χ1n) is 6.15. The summed E-state index contributed by atoms with van der Waals surface area (Å²) in [6, 6.07) is 0.876. The van der Waals surface area contributed by atoms with Gasteiger partial charge in [-0.25, -0.2) is 9.78 Å². The summed E-state index contributed by atoms with van der Waals surface area (Å²) in [6.07, 6.45) is 0. The average Bonchev–Trinajstić information content (AvgIpc) is 2.76. The third-order valence-corrected chi connectivity index (χ3v) is 5.06. The lowest BCUT2D eigenvalue weighted by Crippen LogP contribution is -2.55. The molecule has 1 aromatic rings. The summed E-state index contributed by atoms with van der Waals surface area (Å²) in [5.41, 5.74) is 0. The smallest absolute Gasteiger partial charge is 0.351 e. The van der Waals surface area contributed by atoms with Crippen LogP contribution < -0.4 is 4.90 Å². The van der Waals surface area contributed by atoms with Crippen molar-refractivity contribution >= 4 is 34.0 Å². The van der Waals surface area contributed by atoms with Crippen molar-refractivity contribution in [2.75, 3.05) is 32.1 Å². The number of rotatable bonds is 2. The number of halogens is 1. The largest absolute Gasteiger partial charge is 0.465 e. The topological polar surface area (TPSA) is 45.7 Å². The van der Waals surface area contributed by atoms with Gasteiger partial charge in [-0.3, -0.25) is 4.90 Å². The van der Waals surface area contributed by atoms with Gasteiger partial charge in [-0.05, 0) is 20.9 Å². The Labute approximate surface area is 122 Å². The van der Waals surface area contributed by atoms with Crippen LogP contribution in [0.15, 0.2) is 0 Å². The van der Waals surface area contributed by atoms with Crippen molar-refractivity contribution in [3.05, 3.63) is 10.0 Å². The third kappa shape index (κ3) is 2.85. The minimum absolute atomic E-state index is 0.228. The highest BCUT2D eigenvalue weighted by Crippen LogP contribution is 2.32. The first kappa shape index (κ1) is 14.6. The van der Waals surface area contributed by atoms with Crippen LogP contribution in [0, 0.1) is 0 Å². The minimum Gasteiger partial charge on any atom is -0.465 e. The van der Waals surface area contributed by atoms with E-state index in [1.807, 2.05) is 0 Å². The Morgan fingerprint density at radius 3 is 2.53 bits per heavy atom. The Balaban J connectivity index is 2.21. The molecule has 2 rings (SSSR count). The van der Waals surface area contributed by atoms with Gasteiger partial charge < -0.3 is 9.64 Å². The first-order chi connectivity index (χ1) is 8.93. The van der Waals surface area contributed by atoms with E-state index in [2.05, 4.69) is 35.7 Å². The van der Waals surface area contributed by atoms with Gasteiger partial charge in [-0.1, -0.05) is 22.9 Å². The molecule has 0 amide bonds. The van der Waals surface area contributed by atoms with Gasteiger partial charge in [0.2, 0.25) is 0 Å². The summed E-state index contributed by atoms with van der Waals surface area (Å²) in [5, 5.41) is 1.02. The van der Waals surface area contributed by atoms with E-state index < -0.39 is 5.97 Å². The maximum Gasteiger partial charge on any atom is 0.351 e. The molecule has 2 atom stereocenters. The molecule has 1 fully saturated rings. The number of thiazole rings is 1. The van der Waals surface area contributed by atoms with Gasteiger partial charge in [-0.2, -0.15) is 0 Å². The Hall–Kier alpha value is -0.850. The maximum absolute atomic E-state index is 11.5. The summed E-state index contributed by atoms with van der Waals surface area (Å²) in [6.45, 7) is 6.12. The van der Waals surface area contributed by atoms with Crippen LogP contribution in [-0.2, 0) is 4.74 Å². The molecule has 0 saturated carbocycles. The van der Waals surface area contributed by atoms with E-state index in [0.29, 0.717) is 17.0 Å². The molecular formula is C12H18ClN3O2S. The second-order valence-electron chi connectivity index (χ2n) is 4.88. The van der Waals surface area contributed by atoms with Crippen molar-refractivity contribution in [3.8, 4) is 0 Å².